The Morgan fingerprint density at radius 1 is 0.800 bits per heavy atom. The van der Waals surface area contributed by atoms with Gasteiger partial charge in [-0.05, 0) is 26.2 Å². The maximum Gasteiger partial charge on any atom is 0.242 e. The minimum Gasteiger partial charge on any atom is -0.352 e. The highest BCUT2D eigenvalue weighted by Gasteiger charge is 2.23. The SMILES string of the molecule is CCCC(C)NC(=O)C(CCC)NC(=O)C(C)CCC. The van der Waals surface area contributed by atoms with Gasteiger partial charge in [-0.15, -0.1) is 0 Å². The Morgan fingerprint density at radius 3 is 1.85 bits per heavy atom. The third-order valence-electron chi connectivity index (χ3n) is 3.49. The lowest BCUT2D eigenvalue weighted by Crippen LogP contribution is -2.50. The third-order valence-corrected chi connectivity index (χ3v) is 3.49. The van der Waals surface area contributed by atoms with Crippen molar-refractivity contribution in [3.63, 3.8) is 0 Å². The number of rotatable bonds is 10. The first-order chi connectivity index (χ1) is 9.46. The second-order valence-corrected chi connectivity index (χ2v) is 5.74. The van der Waals surface area contributed by atoms with Crippen molar-refractivity contribution in [1.29, 1.82) is 0 Å². The maximum absolute atomic E-state index is 12.2. The van der Waals surface area contributed by atoms with E-state index < -0.39 is 6.04 Å². The fourth-order valence-electron chi connectivity index (χ4n) is 2.28. The summed E-state index contributed by atoms with van der Waals surface area (Å²) >= 11 is 0. The molecule has 0 aromatic carbocycles. The highest BCUT2D eigenvalue weighted by Crippen LogP contribution is 2.07. The lowest BCUT2D eigenvalue weighted by atomic mass is 10.0. The Kier molecular flexibility index (Phi) is 10.1. The Hall–Kier alpha value is -1.06. The topological polar surface area (TPSA) is 58.2 Å². The molecule has 2 amide bonds. The summed E-state index contributed by atoms with van der Waals surface area (Å²) in [5.74, 6) is -0.0892. The zero-order valence-electron chi connectivity index (χ0n) is 13.8. The number of carbonyl (C=O) groups is 2. The first-order valence-corrected chi connectivity index (χ1v) is 8.06. The Morgan fingerprint density at radius 2 is 1.35 bits per heavy atom. The second-order valence-electron chi connectivity index (χ2n) is 5.74. The van der Waals surface area contributed by atoms with Gasteiger partial charge in [0.25, 0.3) is 0 Å². The smallest absolute Gasteiger partial charge is 0.242 e. The van der Waals surface area contributed by atoms with Crippen molar-refractivity contribution in [3.05, 3.63) is 0 Å². The number of nitrogens with one attached hydrogen (secondary N) is 2. The van der Waals surface area contributed by atoms with Crippen LogP contribution in [0.5, 0.6) is 0 Å². The molecule has 2 N–H and O–H groups in total. The van der Waals surface area contributed by atoms with Gasteiger partial charge in [-0.2, -0.15) is 0 Å². The molecule has 0 aliphatic carbocycles. The normalized spacial score (nSPS) is 15.2. The monoisotopic (exact) mass is 284 g/mol. The molecule has 0 aliphatic rings. The van der Waals surface area contributed by atoms with Gasteiger partial charge in [0.1, 0.15) is 6.04 Å². The molecule has 0 aromatic heterocycles. The van der Waals surface area contributed by atoms with Crippen LogP contribution in [0, 0.1) is 5.92 Å². The quantitative estimate of drug-likeness (QED) is 0.648. The van der Waals surface area contributed by atoms with E-state index in [1.165, 1.54) is 0 Å². The molecular formula is C16H32N2O2. The number of carbonyl (C=O) groups excluding carboxylic acids is 2. The molecule has 0 aromatic rings. The van der Waals surface area contributed by atoms with E-state index in [-0.39, 0.29) is 23.8 Å². The summed E-state index contributed by atoms with van der Waals surface area (Å²) in [6.45, 7) is 10.1. The van der Waals surface area contributed by atoms with Crippen LogP contribution in [0.3, 0.4) is 0 Å². The molecule has 3 atom stereocenters. The van der Waals surface area contributed by atoms with Gasteiger partial charge in [-0.3, -0.25) is 9.59 Å². The maximum atomic E-state index is 12.2. The van der Waals surface area contributed by atoms with Crippen molar-refractivity contribution in [2.45, 2.75) is 85.2 Å². The largest absolute Gasteiger partial charge is 0.352 e. The Labute approximate surface area is 124 Å². The summed E-state index contributed by atoms with van der Waals surface area (Å²) in [5.41, 5.74) is 0. The third kappa shape index (κ3) is 7.51. The van der Waals surface area contributed by atoms with Crippen LogP contribution in [0.2, 0.25) is 0 Å². The van der Waals surface area contributed by atoms with E-state index in [1.807, 2.05) is 20.8 Å². The first-order valence-electron chi connectivity index (χ1n) is 8.06. The molecule has 0 saturated carbocycles. The van der Waals surface area contributed by atoms with E-state index in [0.717, 1.165) is 32.1 Å². The minimum absolute atomic E-state index is 0.0106. The standard InChI is InChI=1S/C16H32N2O2/c1-6-9-12(4)15(19)18-14(11-8-3)16(20)17-13(5)10-7-2/h12-14H,6-11H2,1-5H3,(H,17,20)(H,18,19). The van der Waals surface area contributed by atoms with Gasteiger partial charge >= 0.3 is 0 Å². The van der Waals surface area contributed by atoms with Crippen molar-refractivity contribution in [2.24, 2.45) is 5.92 Å². The van der Waals surface area contributed by atoms with E-state index in [1.54, 1.807) is 0 Å². The van der Waals surface area contributed by atoms with Crippen LogP contribution < -0.4 is 10.6 Å². The van der Waals surface area contributed by atoms with Gasteiger partial charge in [0.15, 0.2) is 0 Å². The Bertz CT molecular complexity index is 292. The zero-order chi connectivity index (χ0) is 15.5. The van der Waals surface area contributed by atoms with Crippen LogP contribution in [-0.2, 0) is 9.59 Å². The van der Waals surface area contributed by atoms with Gasteiger partial charge < -0.3 is 10.6 Å². The van der Waals surface area contributed by atoms with Gasteiger partial charge in [0.2, 0.25) is 11.8 Å². The van der Waals surface area contributed by atoms with Crippen LogP contribution in [0.15, 0.2) is 0 Å². The second kappa shape index (κ2) is 10.7. The molecule has 4 heteroatoms. The number of hydrogen-bond acceptors (Lipinski definition) is 2. The fourth-order valence-corrected chi connectivity index (χ4v) is 2.28. The van der Waals surface area contributed by atoms with E-state index in [0.29, 0.717) is 6.42 Å². The predicted octanol–water partition coefficient (Wildman–Crippen LogP) is 3.01. The molecule has 0 radical (unpaired) electrons. The van der Waals surface area contributed by atoms with Crippen LogP contribution in [0.25, 0.3) is 0 Å². The van der Waals surface area contributed by atoms with Gasteiger partial charge in [0, 0.05) is 12.0 Å². The van der Waals surface area contributed by atoms with Gasteiger partial charge in [-0.1, -0.05) is 47.0 Å². The number of hydrogen-bond donors (Lipinski definition) is 2. The zero-order valence-corrected chi connectivity index (χ0v) is 13.8. The van der Waals surface area contributed by atoms with Crippen molar-refractivity contribution in [2.75, 3.05) is 0 Å². The Balaban J connectivity index is 4.47. The molecule has 118 valence electrons. The summed E-state index contributed by atoms with van der Waals surface area (Å²) in [7, 11) is 0. The van der Waals surface area contributed by atoms with E-state index >= 15 is 0 Å². The van der Waals surface area contributed by atoms with Crippen LogP contribution >= 0.6 is 0 Å². The average Bonchev–Trinajstić information content (AvgIpc) is 2.38. The van der Waals surface area contributed by atoms with E-state index in [2.05, 4.69) is 24.5 Å². The van der Waals surface area contributed by atoms with E-state index in [4.69, 9.17) is 0 Å². The molecular weight excluding hydrogens is 252 g/mol. The number of amides is 2. The summed E-state index contributed by atoms with van der Waals surface area (Å²) in [6.07, 6.45) is 5.41. The first kappa shape index (κ1) is 18.9. The highest BCUT2D eigenvalue weighted by atomic mass is 16.2. The lowest BCUT2D eigenvalue weighted by Gasteiger charge is -2.22. The van der Waals surface area contributed by atoms with Crippen LogP contribution in [0.1, 0.15) is 73.1 Å². The molecule has 0 fully saturated rings. The molecule has 4 nitrogen and oxygen atoms in total. The molecule has 0 aliphatic heterocycles. The van der Waals surface area contributed by atoms with E-state index in [9.17, 15) is 9.59 Å². The fraction of sp³-hybridized carbons (Fsp3) is 0.875. The summed E-state index contributed by atoms with van der Waals surface area (Å²) < 4.78 is 0. The van der Waals surface area contributed by atoms with Crippen LogP contribution in [0.4, 0.5) is 0 Å². The summed E-state index contributed by atoms with van der Waals surface area (Å²) in [6, 6.07) is -0.233. The summed E-state index contributed by atoms with van der Waals surface area (Å²) in [5, 5.41) is 5.89. The van der Waals surface area contributed by atoms with Crippen molar-refractivity contribution in [3.8, 4) is 0 Å². The minimum atomic E-state index is -0.397. The van der Waals surface area contributed by atoms with Gasteiger partial charge in [0.05, 0.1) is 0 Å². The van der Waals surface area contributed by atoms with Crippen molar-refractivity contribution >= 4 is 11.8 Å². The summed E-state index contributed by atoms with van der Waals surface area (Å²) in [4.78, 5) is 24.3. The molecule has 20 heavy (non-hydrogen) atoms. The average molecular weight is 284 g/mol. The highest BCUT2D eigenvalue weighted by molar-refractivity contribution is 5.88. The molecule has 0 rings (SSSR count). The van der Waals surface area contributed by atoms with Gasteiger partial charge in [-0.25, -0.2) is 0 Å². The molecule has 0 saturated heterocycles. The molecule has 3 unspecified atom stereocenters. The van der Waals surface area contributed by atoms with Crippen molar-refractivity contribution in [1.82, 2.24) is 10.6 Å². The van der Waals surface area contributed by atoms with Crippen molar-refractivity contribution < 1.29 is 9.59 Å². The molecule has 0 heterocycles. The lowest BCUT2D eigenvalue weighted by molar-refractivity contribution is -0.131. The van der Waals surface area contributed by atoms with Crippen LogP contribution in [-0.4, -0.2) is 23.9 Å². The molecule has 0 bridgehead atoms. The predicted molar refractivity (Wildman–Crippen MR) is 83.4 cm³/mol. The molecule has 0 spiro atoms.